The Labute approximate surface area is 78.8 Å². The van der Waals surface area contributed by atoms with Crippen LogP contribution in [-0.4, -0.2) is 0 Å². The van der Waals surface area contributed by atoms with Crippen LogP contribution in [0.4, 0.5) is 5.69 Å². The molecule has 0 spiro atoms. The van der Waals surface area contributed by atoms with Crippen LogP contribution in [0.1, 0.15) is 0 Å². The Morgan fingerprint density at radius 2 is 1.70 bits per heavy atom. The molecule has 0 aliphatic carbocycles. The first-order valence-corrected chi connectivity index (χ1v) is 3.51. The zero-order valence-corrected chi connectivity index (χ0v) is 7.87. The van der Waals surface area contributed by atoms with Gasteiger partial charge >= 0.3 is 5.69 Å². The summed E-state index contributed by atoms with van der Waals surface area (Å²) in [5, 5.41) is 8.25. The van der Waals surface area contributed by atoms with Gasteiger partial charge in [0.1, 0.15) is 0 Å². The number of diazo groups is 1. The van der Waals surface area contributed by atoms with E-state index in [2.05, 4.69) is 27.6 Å². The number of rotatable bonds is 0. The van der Waals surface area contributed by atoms with Gasteiger partial charge in [-0.15, -0.1) is 0 Å². The predicted molar refractivity (Wildman–Crippen MR) is 43.9 cm³/mol. The average molecular weight is 266 g/mol. The highest BCUT2D eigenvalue weighted by molar-refractivity contribution is 14.1. The fourth-order valence-electron chi connectivity index (χ4n) is 0.508. The fourth-order valence-corrected chi connectivity index (χ4v) is 0.867. The molecule has 0 amide bonds. The van der Waals surface area contributed by atoms with Crippen LogP contribution in [0.3, 0.4) is 0 Å². The lowest BCUT2D eigenvalue weighted by Gasteiger charge is -1.79. The van der Waals surface area contributed by atoms with Crippen molar-refractivity contribution >= 4 is 28.3 Å². The van der Waals surface area contributed by atoms with Crippen molar-refractivity contribution in [2.45, 2.75) is 0 Å². The monoisotopic (exact) mass is 266 g/mol. The van der Waals surface area contributed by atoms with Gasteiger partial charge in [0.25, 0.3) is 0 Å². The summed E-state index contributed by atoms with van der Waals surface area (Å²) in [4.78, 5) is 3.01. The van der Waals surface area contributed by atoms with E-state index < -0.39 is 0 Å². The SMILES string of the molecule is N#[N+]c1ccc(I)cc1.[Cl-]. The summed E-state index contributed by atoms with van der Waals surface area (Å²) in [6, 6.07) is 7.27. The van der Waals surface area contributed by atoms with E-state index in [0.29, 0.717) is 5.69 Å². The van der Waals surface area contributed by atoms with E-state index in [1.807, 2.05) is 12.1 Å². The van der Waals surface area contributed by atoms with E-state index in [4.69, 9.17) is 5.39 Å². The van der Waals surface area contributed by atoms with Gasteiger partial charge in [-0.3, -0.25) is 0 Å². The molecule has 0 atom stereocenters. The highest BCUT2D eigenvalue weighted by atomic mass is 127. The smallest absolute Gasteiger partial charge is 0.385 e. The summed E-state index contributed by atoms with van der Waals surface area (Å²) in [5.74, 6) is 0. The molecular formula is C6H4ClIN2. The van der Waals surface area contributed by atoms with E-state index in [1.165, 1.54) is 0 Å². The maximum absolute atomic E-state index is 8.25. The molecule has 0 fully saturated rings. The summed E-state index contributed by atoms with van der Waals surface area (Å²) < 4.78 is 1.14. The maximum atomic E-state index is 8.25. The van der Waals surface area contributed by atoms with Gasteiger partial charge in [-0.25, -0.2) is 0 Å². The molecular weight excluding hydrogens is 262 g/mol. The maximum Gasteiger partial charge on any atom is 0.385 e. The van der Waals surface area contributed by atoms with Crippen LogP contribution in [-0.2, 0) is 0 Å². The van der Waals surface area contributed by atoms with Crippen LogP contribution in [0, 0.1) is 8.96 Å². The predicted octanol–water partition coefficient (Wildman–Crippen LogP) is -0.220. The van der Waals surface area contributed by atoms with Crippen LogP contribution in [0.15, 0.2) is 24.3 Å². The molecule has 52 valence electrons. The minimum Gasteiger partial charge on any atom is -1.00 e. The summed E-state index contributed by atoms with van der Waals surface area (Å²) >= 11 is 2.19. The molecule has 4 heteroatoms. The second-order valence-electron chi connectivity index (χ2n) is 1.58. The van der Waals surface area contributed by atoms with Gasteiger partial charge in [-0.1, -0.05) is 0 Å². The lowest BCUT2D eigenvalue weighted by atomic mass is 10.3. The van der Waals surface area contributed by atoms with Gasteiger partial charge in [-0.2, -0.15) is 0 Å². The topological polar surface area (TPSA) is 28.1 Å². The van der Waals surface area contributed by atoms with Crippen molar-refractivity contribution in [3.05, 3.63) is 32.8 Å². The first-order chi connectivity index (χ1) is 4.33. The zero-order valence-electron chi connectivity index (χ0n) is 4.96. The fraction of sp³-hybridized carbons (Fsp3) is 0. The third kappa shape index (κ3) is 2.50. The van der Waals surface area contributed by atoms with Crippen molar-refractivity contribution in [3.8, 4) is 0 Å². The number of nitrogens with zero attached hydrogens (tertiary/aromatic N) is 2. The third-order valence-electron chi connectivity index (χ3n) is 0.942. The molecule has 10 heavy (non-hydrogen) atoms. The molecule has 0 aliphatic heterocycles. The zero-order chi connectivity index (χ0) is 6.69. The van der Waals surface area contributed by atoms with Crippen LogP contribution in [0.5, 0.6) is 0 Å². The minimum absolute atomic E-state index is 0. The molecule has 1 rings (SSSR count). The molecule has 0 radical (unpaired) electrons. The number of benzene rings is 1. The molecule has 2 nitrogen and oxygen atoms in total. The molecule has 0 saturated carbocycles. The van der Waals surface area contributed by atoms with Crippen LogP contribution < -0.4 is 12.4 Å². The van der Waals surface area contributed by atoms with E-state index in [1.54, 1.807) is 12.1 Å². The number of halogens is 2. The van der Waals surface area contributed by atoms with Crippen molar-refractivity contribution < 1.29 is 12.4 Å². The molecule has 0 aromatic heterocycles. The molecule has 1 aromatic carbocycles. The van der Waals surface area contributed by atoms with Gasteiger partial charge in [-0.05, 0) is 34.7 Å². The molecule has 1 aromatic rings. The second kappa shape index (κ2) is 4.47. The first-order valence-electron chi connectivity index (χ1n) is 2.43. The first kappa shape index (κ1) is 9.66. The Morgan fingerprint density at radius 3 is 2.10 bits per heavy atom. The summed E-state index contributed by atoms with van der Waals surface area (Å²) in [5.41, 5.74) is 0.593. The quantitative estimate of drug-likeness (QED) is 0.471. The highest BCUT2D eigenvalue weighted by Crippen LogP contribution is 2.13. The Kier molecular flexibility index (Phi) is 4.32. The Bertz CT molecular complexity index is 239. The summed E-state index contributed by atoms with van der Waals surface area (Å²) in [6.07, 6.45) is 0. The summed E-state index contributed by atoms with van der Waals surface area (Å²) in [7, 11) is 0. The van der Waals surface area contributed by atoms with Crippen LogP contribution >= 0.6 is 22.6 Å². The lowest BCUT2D eigenvalue weighted by molar-refractivity contribution is -0.00000190. The highest BCUT2D eigenvalue weighted by Gasteiger charge is 1.99. The van der Waals surface area contributed by atoms with Crippen molar-refractivity contribution in [3.63, 3.8) is 0 Å². The Balaban J connectivity index is 0.000000810. The molecule has 0 aliphatic rings. The van der Waals surface area contributed by atoms with Gasteiger partial charge < -0.3 is 12.4 Å². The third-order valence-corrected chi connectivity index (χ3v) is 1.66. The van der Waals surface area contributed by atoms with E-state index >= 15 is 0 Å². The molecule has 0 unspecified atom stereocenters. The van der Waals surface area contributed by atoms with Crippen molar-refractivity contribution in [1.29, 1.82) is 5.39 Å². The normalized spacial score (nSPS) is 7.60. The summed E-state index contributed by atoms with van der Waals surface area (Å²) in [6.45, 7) is 0. The molecule has 0 heterocycles. The van der Waals surface area contributed by atoms with Crippen LogP contribution in [0.25, 0.3) is 4.98 Å². The van der Waals surface area contributed by atoms with Gasteiger partial charge in [0.15, 0.2) is 4.98 Å². The molecule has 0 N–H and O–H groups in total. The van der Waals surface area contributed by atoms with E-state index in [0.717, 1.165) is 3.57 Å². The Hall–Kier alpha value is -0.340. The van der Waals surface area contributed by atoms with Crippen molar-refractivity contribution in [2.75, 3.05) is 0 Å². The minimum atomic E-state index is 0. The van der Waals surface area contributed by atoms with Gasteiger partial charge in [0.2, 0.25) is 5.39 Å². The van der Waals surface area contributed by atoms with E-state index in [-0.39, 0.29) is 12.4 Å². The van der Waals surface area contributed by atoms with Crippen molar-refractivity contribution in [2.24, 2.45) is 0 Å². The van der Waals surface area contributed by atoms with Crippen LogP contribution in [0.2, 0.25) is 0 Å². The largest absolute Gasteiger partial charge is 1.00 e. The molecule has 0 saturated heterocycles. The Morgan fingerprint density at radius 1 is 1.20 bits per heavy atom. The second-order valence-corrected chi connectivity index (χ2v) is 2.82. The average Bonchev–Trinajstić information content (AvgIpc) is 1.90. The standard InChI is InChI=1S/C6H4IN2.ClH/c7-5-1-3-6(9-8)4-2-5;/h1-4H;1H/q+1;/p-1. The molecule has 0 bridgehead atoms. The van der Waals surface area contributed by atoms with Crippen molar-refractivity contribution in [1.82, 2.24) is 0 Å². The lowest BCUT2D eigenvalue weighted by Crippen LogP contribution is -3.00. The number of hydrogen-bond acceptors (Lipinski definition) is 1. The van der Waals surface area contributed by atoms with Gasteiger partial charge in [0, 0.05) is 15.7 Å². The number of hydrogen-bond donors (Lipinski definition) is 0. The van der Waals surface area contributed by atoms with E-state index in [9.17, 15) is 0 Å². The van der Waals surface area contributed by atoms with Gasteiger partial charge in [0.05, 0.1) is 0 Å².